The molecule has 1 aliphatic rings. The van der Waals surface area contributed by atoms with E-state index in [9.17, 15) is 9.65 Å². The smallest absolute Gasteiger partial charge is 0.231 e. The fourth-order valence-electron chi connectivity index (χ4n) is 2.45. The molecule has 0 fully saturated rings. The number of hydrogen-bond acceptors (Lipinski definition) is 5. The van der Waals surface area contributed by atoms with E-state index in [1.165, 1.54) is 10.7 Å². The Labute approximate surface area is 130 Å². The molecule has 1 aromatic heterocycles. The Kier molecular flexibility index (Phi) is 2.95. The van der Waals surface area contributed by atoms with Crippen LogP contribution in [0.2, 0.25) is 0 Å². The highest BCUT2D eigenvalue weighted by Crippen LogP contribution is 2.35. The number of fused-ring (bicyclic) bond motifs is 1. The van der Waals surface area contributed by atoms with E-state index >= 15 is 0 Å². The van der Waals surface area contributed by atoms with Crippen LogP contribution >= 0.6 is 0 Å². The minimum atomic E-state index is -0.451. The lowest BCUT2D eigenvalue weighted by molar-refractivity contribution is 0.174. The van der Waals surface area contributed by atoms with Gasteiger partial charge in [-0.1, -0.05) is 17.3 Å². The average molecular weight is 308 g/mol. The number of halogens is 1. The van der Waals surface area contributed by atoms with Gasteiger partial charge in [-0.05, 0) is 24.3 Å². The summed E-state index contributed by atoms with van der Waals surface area (Å²) in [6, 6.07) is 13.3. The van der Waals surface area contributed by atoms with E-state index in [1.807, 2.05) is 6.07 Å². The molecule has 0 atom stereocenters. The molecule has 4 rings (SSSR count). The van der Waals surface area contributed by atoms with E-state index in [1.54, 1.807) is 36.4 Å². The highest BCUT2D eigenvalue weighted by molar-refractivity contribution is 5.68. The van der Waals surface area contributed by atoms with E-state index < -0.39 is 5.82 Å². The number of aromatic nitrogens is 3. The van der Waals surface area contributed by atoms with Gasteiger partial charge in [0.25, 0.3) is 0 Å². The predicted molar refractivity (Wildman–Crippen MR) is 77.6 cm³/mol. The van der Waals surface area contributed by atoms with Crippen molar-refractivity contribution in [2.24, 2.45) is 0 Å². The molecule has 6 nitrogen and oxygen atoms in total. The Balaban J connectivity index is 1.93. The molecule has 0 saturated carbocycles. The molecule has 0 unspecified atom stereocenters. The zero-order valence-corrected chi connectivity index (χ0v) is 11.7. The zero-order chi connectivity index (χ0) is 15.8. The topological polar surface area (TPSA) is 73.0 Å². The Bertz CT molecular complexity index is 945. The molecule has 7 heteroatoms. The SMILES string of the molecule is N#Cc1nnn(-c2ccc3c(c2)OCO3)c1-c1ccccc1F. The van der Waals surface area contributed by atoms with Crippen LogP contribution in [0.4, 0.5) is 4.39 Å². The fourth-order valence-corrected chi connectivity index (χ4v) is 2.45. The summed E-state index contributed by atoms with van der Waals surface area (Å²) >= 11 is 0. The summed E-state index contributed by atoms with van der Waals surface area (Å²) in [5, 5.41) is 17.1. The lowest BCUT2D eigenvalue weighted by Gasteiger charge is -2.08. The lowest BCUT2D eigenvalue weighted by atomic mass is 10.1. The number of ether oxygens (including phenoxy) is 2. The fraction of sp³-hybridized carbons (Fsp3) is 0.0625. The van der Waals surface area contributed by atoms with Gasteiger partial charge in [-0.25, -0.2) is 9.07 Å². The summed E-state index contributed by atoms with van der Waals surface area (Å²) in [5.74, 6) is 0.742. The van der Waals surface area contributed by atoms with Crippen molar-refractivity contribution in [2.75, 3.05) is 6.79 Å². The summed E-state index contributed by atoms with van der Waals surface area (Å²) < 4.78 is 26.2. The predicted octanol–water partition coefficient (Wildman–Crippen LogP) is 2.67. The molecular formula is C16H9FN4O2. The second-order valence-corrected chi connectivity index (χ2v) is 4.83. The first-order chi connectivity index (χ1) is 11.3. The molecule has 3 aromatic rings. The zero-order valence-electron chi connectivity index (χ0n) is 11.7. The first-order valence-electron chi connectivity index (χ1n) is 6.78. The highest BCUT2D eigenvalue weighted by Gasteiger charge is 2.21. The lowest BCUT2D eigenvalue weighted by Crippen LogP contribution is -2.01. The molecule has 2 heterocycles. The van der Waals surface area contributed by atoms with Crippen molar-refractivity contribution in [3.63, 3.8) is 0 Å². The van der Waals surface area contributed by atoms with E-state index in [0.29, 0.717) is 22.9 Å². The molecule has 0 aliphatic carbocycles. The van der Waals surface area contributed by atoms with Crippen molar-refractivity contribution >= 4 is 0 Å². The third-order valence-corrected chi connectivity index (χ3v) is 3.51. The summed E-state index contributed by atoms with van der Waals surface area (Å²) in [7, 11) is 0. The van der Waals surface area contributed by atoms with Crippen LogP contribution in [0.3, 0.4) is 0 Å². The number of benzene rings is 2. The molecule has 23 heavy (non-hydrogen) atoms. The Hall–Kier alpha value is -3.40. The number of nitriles is 1. The molecule has 2 aromatic carbocycles. The largest absolute Gasteiger partial charge is 0.454 e. The maximum atomic E-state index is 14.2. The molecule has 112 valence electrons. The molecule has 1 aliphatic heterocycles. The molecule has 0 bridgehead atoms. The second kappa shape index (κ2) is 5.10. The Morgan fingerprint density at radius 3 is 2.78 bits per heavy atom. The van der Waals surface area contributed by atoms with E-state index in [0.717, 1.165) is 0 Å². The molecule has 0 N–H and O–H groups in total. The van der Waals surface area contributed by atoms with Gasteiger partial charge in [0.05, 0.1) is 5.69 Å². The maximum absolute atomic E-state index is 14.2. The van der Waals surface area contributed by atoms with Crippen LogP contribution < -0.4 is 9.47 Å². The summed E-state index contributed by atoms with van der Waals surface area (Å²) in [4.78, 5) is 0. The number of hydrogen-bond donors (Lipinski definition) is 0. The van der Waals surface area contributed by atoms with Gasteiger partial charge in [0, 0.05) is 11.6 Å². The molecule has 0 radical (unpaired) electrons. The van der Waals surface area contributed by atoms with E-state index in [-0.39, 0.29) is 18.1 Å². The third-order valence-electron chi connectivity index (χ3n) is 3.51. The normalized spacial score (nSPS) is 12.2. The van der Waals surface area contributed by atoms with Crippen LogP contribution in [0.15, 0.2) is 42.5 Å². The van der Waals surface area contributed by atoms with Crippen molar-refractivity contribution < 1.29 is 13.9 Å². The minimum Gasteiger partial charge on any atom is -0.454 e. The van der Waals surface area contributed by atoms with Gasteiger partial charge in [0.2, 0.25) is 6.79 Å². The van der Waals surface area contributed by atoms with Crippen LogP contribution in [0.5, 0.6) is 11.5 Å². The van der Waals surface area contributed by atoms with Gasteiger partial charge in [0.1, 0.15) is 17.6 Å². The first kappa shape index (κ1) is 13.3. The third kappa shape index (κ3) is 2.08. The summed E-state index contributed by atoms with van der Waals surface area (Å²) in [5.41, 5.74) is 1.20. The van der Waals surface area contributed by atoms with Gasteiger partial charge < -0.3 is 9.47 Å². The van der Waals surface area contributed by atoms with Gasteiger partial charge in [0.15, 0.2) is 17.2 Å². The second-order valence-electron chi connectivity index (χ2n) is 4.83. The van der Waals surface area contributed by atoms with Crippen molar-refractivity contribution in [1.82, 2.24) is 15.0 Å². The highest BCUT2D eigenvalue weighted by atomic mass is 19.1. The van der Waals surface area contributed by atoms with Crippen LogP contribution in [0, 0.1) is 17.1 Å². The molecule has 0 saturated heterocycles. The number of rotatable bonds is 2. The van der Waals surface area contributed by atoms with Crippen molar-refractivity contribution in [3.05, 3.63) is 54.0 Å². The number of nitrogens with zero attached hydrogens (tertiary/aromatic N) is 4. The quantitative estimate of drug-likeness (QED) is 0.727. The van der Waals surface area contributed by atoms with Crippen molar-refractivity contribution in [3.8, 4) is 34.5 Å². The first-order valence-corrected chi connectivity index (χ1v) is 6.78. The van der Waals surface area contributed by atoms with Crippen LogP contribution in [-0.2, 0) is 0 Å². The van der Waals surface area contributed by atoms with Crippen molar-refractivity contribution in [2.45, 2.75) is 0 Å². The van der Waals surface area contributed by atoms with Gasteiger partial charge in [-0.15, -0.1) is 5.10 Å². The summed E-state index contributed by atoms with van der Waals surface area (Å²) in [6.45, 7) is 0.153. The molecule has 0 spiro atoms. The van der Waals surface area contributed by atoms with Crippen LogP contribution in [0.1, 0.15) is 5.69 Å². The Morgan fingerprint density at radius 1 is 1.13 bits per heavy atom. The molecular weight excluding hydrogens is 299 g/mol. The minimum absolute atomic E-state index is 0.0489. The summed E-state index contributed by atoms with van der Waals surface area (Å²) in [6.07, 6.45) is 0. The van der Waals surface area contributed by atoms with E-state index in [4.69, 9.17) is 9.47 Å². The monoisotopic (exact) mass is 308 g/mol. The van der Waals surface area contributed by atoms with Gasteiger partial charge in [-0.2, -0.15) is 5.26 Å². The Morgan fingerprint density at radius 2 is 1.96 bits per heavy atom. The van der Waals surface area contributed by atoms with Crippen LogP contribution in [0.25, 0.3) is 16.9 Å². The average Bonchev–Trinajstić information content (AvgIpc) is 3.20. The standard InChI is InChI=1S/C16H9FN4O2/c17-12-4-2-1-3-11(12)16-13(8-18)19-20-21(16)10-5-6-14-15(7-10)23-9-22-14/h1-7H,9H2. The maximum Gasteiger partial charge on any atom is 0.231 e. The molecule has 0 amide bonds. The van der Waals surface area contributed by atoms with E-state index in [2.05, 4.69) is 10.3 Å². The van der Waals surface area contributed by atoms with Gasteiger partial charge in [-0.3, -0.25) is 0 Å². The van der Waals surface area contributed by atoms with Crippen molar-refractivity contribution in [1.29, 1.82) is 5.26 Å². The van der Waals surface area contributed by atoms with Crippen LogP contribution in [-0.4, -0.2) is 21.8 Å². The van der Waals surface area contributed by atoms with Gasteiger partial charge >= 0.3 is 0 Å².